The van der Waals surface area contributed by atoms with Gasteiger partial charge in [-0.1, -0.05) is 56.3 Å². The zero-order valence-electron chi connectivity index (χ0n) is 12.7. The maximum absolute atomic E-state index is 11.4. The highest BCUT2D eigenvalue weighted by molar-refractivity contribution is 7.89. The summed E-state index contributed by atoms with van der Waals surface area (Å²) >= 11 is 0. The number of rotatable bonds is 3. The van der Waals surface area contributed by atoms with E-state index in [4.69, 9.17) is 5.14 Å². The van der Waals surface area contributed by atoms with Crippen molar-refractivity contribution in [3.8, 4) is 0 Å². The van der Waals surface area contributed by atoms with E-state index in [1.807, 2.05) is 30.3 Å². The normalized spacial score (nSPS) is 17.2. The van der Waals surface area contributed by atoms with E-state index >= 15 is 0 Å². The molecule has 0 unspecified atom stereocenters. The second-order valence-electron chi connectivity index (χ2n) is 6.35. The van der Waals surface area contributed by atoms with Gasteiger partial charge in [0.1, 0.15) is 0 Å². The number of benzene rings is 2. The molecule has 0 saturated carbocycles. The first-order valence-electron chi connectivity index (χ1n) is 7.21. The topological polar surface area (TPSA) is 60.2 Å². The van der Waals surface area contributed by atoms with Gasteiger partial charge in [-0.2, -0.15) is 0 Å². The molecule has 1 aliphatic carbocycles. The van der Waals surface area contributed by atoms with Gasteiger partial charge in [-0.15, -0.1) is 0 Å². The molecule has 2 N–H and O–H groups in total. The van der Waals surface area contributed by atoms with Gasteiger partial charge in [0.25, 0.3) is 0 Å². The molecule has 22 heavy (non-hydrogen) atoms. The lowest BCUT2D eigenvalue weighted by Gasteiger charge is -2.41. The Morgan fingerprint density at radius 1 is 0.909 bits per heavy atom. The predicted octanol–water partition coefficient (Wildman–Crippen LogP) is 3.67. The van der Waals surface area contributed by atoms with Gasteiger partial charge in [0, 0.05) is 0 Å². The van der Waals surface area contributed by atoms with Crippen LogP contribution in [0, 0.1) is 5.41 Å². The molecule has 0 heterocycles. The standard InChI is InChI=1S/C18H19NO2S/c1-18(2)12-16(13-6-4-3-5-7-13)17(18)14-8-10-15(11-9-14)22(19,20)21/h3-11H,12H2,1-2H3,(H2,19,20,21). The third-order valence-corrected chi connectivity index (χ3v) is 5.12. The van der Waals surface area contributed by atoms with E-state index in [9.17, 15) is 8.42 Å². The van der Waals surface area contributed by atoms with E-state index in [0.29, 0.717) is 0 Å². The largest absolute Gasteiger partial charge is 0.238 e. The fourth-order valence-corrected chi connectivity index (χ4v) is 3.70. The van der Waals surface area contributed by atoms with Crippen LogP contribution in [0.4, 0.5) is 0 Å². The van der Waals surface area contributed by atoms with Crippen molar-refractivity contribution in [2.24, 2.45) is 10.6 Å². The van der Waals surface area contributed by atoms with Gasteiger partial charge in [0.15, 0.2) is 0 Å². The van der Waals surface area contributed by atoms with Crippen LogP contribution in [0.3, 0.4) is 0 Å². The molecule has 4 heteroatoms. The first-order chi connectivity index (χ1) is 10.3. The summed E-state index contributed by atoms with van der Waals surface area (Å²) in [6.07, 6.45) is 1.02. The van der Waals surface area contributed by atoms with Crippen LogP contribution in [0.5, 0.6) is 0 Å². The van der Waals surface area contributed by atoms with Gasteiger partial charge in [-0.05, 0) is 46.2 Å². The van der Waals surface area contributed by atoms with Gasteiger partial charge in [-0.25, -0.2) is 13.6 Å². The Bertz CT molecular complexity index is 832. The van der Waals surface area contributed by atoms with Crippen LogP contribution < -0.4 is 5.14 Å². The summed E-state index contributed by atoms with van der Waals surface area (Å²) in [6, 6.07) is 17.2. The summed E-state index contributed by atoms with van der Waals surface area (Å²) in [7, 11) is -3.64. The van der Waals surface area contributed by atoms with Crippen LogP contribution in [-0.2, 0) is 10.0 Å². The average molecular weight is 313 g/mol. The van der Waals surface area contributed by atoms with E-state index in [2.05, 4.69) is 26.0 Å². The lowest BCUT2D eigenvalue weighted by molar-refractivity contribution is 0.482. The molecule has 2 aromatic carbocycles. The van der Waals surface area contributed by atoms with Crippen molar-refractivity contribution in [3.63, 3.8) is 0 Å². The molecule has 0 fully saturated rings. The van der Waals surface area contributed by atoms with Crippen LogP contribution in [0.1, 0.15) is 31.4 Å². The Morgan fingerprint density at radius 3 is 2.00 bits per heavy atom. The summed E-state index contributed by atoms with van der Waals surface area (Å²) in [5, 5.41) is 5.16. The SMILES string of the molecule is CC1(C)CC(c2ccccc2)=C1c1ccc(S(N)(=O)=O)cc1. The third-order valence-electron chi connectivity index (χ3n) is 4.19. The second-order valence-corrected chi connectivity index (χ2v) is 7.91. The molecule has 0 bridgehead atoms. The summed E-state index contributed by atoms with van der Waals surface area (Å²) in [5.74, 6) is 0. The number of hydrogen-bond donors (Lipinski definition) is 1. The number of nitrogens with two attached hydrogens (primary N) is 1. The van der Waals surface area contributed by atoms with E-state index in [1.54, 1.807) is 12.1 Å². The molecule has 114 valence electrons. The van der Waals surface area contributed by atoms with Gasteiger partial charge < -0.3 is 0 Å². The number of hydrogen-bond acceptors (Lipinski definition) is 2. The molecule has 0 spiro atoms. The Morgan fingerprint density at radius 2 is 1.50 bits per heavy atom. The smallest absolute Gasteiger partial charge is 0.225 e. The van der Waals surface area contributed by atoms with Crippen LogP contribution in [0.2, 0.25) is 0 Å². The zero-order valence-corrected chi connectivity index (χ0v) is 13.5. The summed E-state index contributed by atoms with van der Waals surface area (Å²) in [6.45, 7) is 4.42. The van der Waals surface area contributed by atoms with Crippen molar-refractivity contribution in [1.82, 2.24) is 0 Å². The number of primary sulfonamides is 1. The Balaban J connectivity index is 2.08. The Hall–Kier alpha value is -1.91. The van der Waals surface area contributed by atoms with Crippen LogP contribution >= 0.6 is 0 Å². The number of allylic oxidation sites excluding steroid dienone is 2. The highest BCUT2D eigenvalue weighted by atomic mass is 32.2. The molecular weight excluding hydrogens is 294 g/mol. The highest BCUT2D eigenvalue weighted by Crippen LogP contribution is 2.55. The van der Waals surface area contributed by atoms with Crippen molar-refractivity contribution in [1.29, 1.82) is 0 Å². The molecule has 0 amide bonds. The summed E-state index contributed by atoms with van der Waals surface area (Å²) < 4.78 is 22.8. The molecule has 3 nitrogen and oxygen atoms in total. The predicted molar refractivity (Wildman–Crippen MR) is 89.5 cm³/mol. The maximum Gasteiger partial charge on any atom is 0.238 e. The molecule has 0 aliphatic heterocycles. The van der Waals surface area contributed by atoms with Gasteiger partial charge in [0.05, 0.1) is 4.90 Å². The molecule has 0 atom stereocenters. The molecular formula is C18H19NO2S. The van der Waals surface area contributed by atoms with Crippen molar-refractivity contribution in [2.45, 2.75) is 25.2 Å². The molecule has 3 rings (SSSR count). The molecule has 0 aromatic heterocycles. The van der Waals surface area contributed by atoms with E-state index in [0.717, 1.165) is 12.0 Å². The van der Waals surface area contributed by atoms with E-state index in [-0.39, 0.29) is 10.3 Å². The third kappa shape index (κ3) is 2.60. The van der Waals surface area contributed by atoms with E-state index in [1.165, 1.54) is 16.7 Å². The first kappa shape index (κ1) is 15.0. The van der Waals surface area contributed by atoms with Crippen LogP contribution in [-0.4, -0.2) is 8.42 Å². The fourth-order valence-electron chi connectivity index (χ4n) is 3.18. The summed E-state index contributed by atoms with van der Waals surface area (Å²) in [5.41, 5.74) is 4.98. The molecule has 0 radical (unpaired) electrons. The Labute approximate surface area is 131 Å². The van der Waals surface area contributed by atoms with Crippen molar-refractivity contribution in [3.05, 3.63) is 65.7 Å². The molecule has 1 aliphatic rings. The van der Waals surface area contributed by atoms with Gasteiger partial charge in [0.2, 0.25) is 10.0 Å². The average Bonchev–Trinajstić information content (AvgIpc) is 2.45. The van der Waals surface area contributed by atoms with Crippen molar-refractivity contribution < 1.29 is 8.42 Å². The Kier molecular flexibility index (Phi) is 3.46. The van der Waals surface area contributed by atoms with Gasteiger partial charge >= 0.3 is 0 Å². The second kappa shape index (κ2) is 5.07. The minimum atomic E-state index is -3.64. The van der Waals surface area contributed by atoms with Crippen LogP contribution in [0.25, 0.3) is 11.1 Å². The van der Waals surface area contributed by atoms with Crippen LogP contribution in [0.15, 0.2) is 59.5 Å². The first-order valence-corrected chi connectivity index (χ1v) is 8.76. The highest BCUT2D eigenvalue weighted by Gasteiger charge is 2.37. The molecule has 2 aromatic rings. The van der Waals surface area contributed by atoms with E-state index < -0.39 is 10.0 Å². The maximum atomic E-state index is 11.4. The zero-order chi connectivity index (χ0) is 16.0. The summed E-state index contributed by atoms with van der Waals surface area (Å²) in [4.78, 5) is 0.148. The van der Waals surface area contributed by atoms with Crippen molar-refractivity contribution >= 4 is 21.2 Å². The quantitative estimate of drug-likeness (QED) is 0.939. The monoisotopic (exact) mass is 313 g/mol. The minimum Gasteiger partial charge on any atom is -0.225 e. The molecule has 0 saturated heterocycles. The van der Waals surface area contributed by atoms with Gasteiger partial charge in [-0.3, -0.25) is 0 Å². The number of sulfonamides is 1. The van der Waals surface area contributed by atoms with Crippen molar-refractivity contribution in [2.75, 3.05) is 0 Å². The lowest BCUT2D eigenvalue weighted by atomic mass is 9.62. The minimum absolute atomic E-state index is 0.0915. The fraction of sp³-hybridized carbons (Fsp3) is 0.222. The lowest BCUT2D eigenvalue weighted by Crippen LogP contribution is -2.25.